The van der Waals surface area contributed by atoms with Crippen molar-refractivity contribution in [2.45, 2.75) is 57.0 Å². The molecule has 18 heavy (non-hydrogen) atoms. The van der Waals surface area contributed by atoms with Gasteiger partial charge in [-0.15, -0.1) is 0 Å². The number of ether oxygens (including phenoxy) is 1. The molecule has 2 N–H and O–H groups in total. The topological polar surface area (TPSA) is 35.2 Å². The number of fused-ring (bicyclic) bond motifs is 1. The average Bonchev–Trinajstić information content (AvgIpc) is 2.88. The first-order valence-electron chi connectivity index (χ1n) is 7.32. The van der Waals surface area contributed by atoms with E-state index in [1.807, 2.05) is 0 Å². The highest BCUT2D eigenvalue weighted by Crippen LogP contribution is 2.35. The Balaban J connectivity index is 1.80. The van der Waals surface area contributed by atoms with E-state index in [4.69, 9.17) is 10.5 Å². The van der Waals surface area contributed by atoms with Crippen molar-refractivity contribution in [2.24, 2.45) is 5.73 Å². The summed E-state index contributed by atoms with van der Waals surface area (Å²) in [6.45, 7) is 0.643. The maximum atomic E-state index is 6.25. The fourth-order valence-corrected chi connectivity index (χ4v) is 3.39. The van der Waals surface area contributed by atoms with Gasteiger partial charge in [-0.3, -0.25) is 0 Å². The van der Waals surface area contributed by atoms with Gasteiger partial charge in [0.1, 0.15) is 11.4 Å². The Bertz CT molecular complexity index is 421. The molecule has 1 aromatic rings. The first-order chi connectivity index (χ1) is 8.81. The van der Waals surface area contributed by atoms with Crippen molar-refractivity contribution in [3.05, 3.63) is 29.3 Å². The zero-order chi connectivity index (χ0) is 12.4. The van der Waals surface area contributed by atoms with Crippen molar-refractivity contribution in [1.29, 1.82) is 0 Å². The molecule has 0 aromatic heterocycles. The summed E-state index contributed by atoms with van der Waals surface area (Å²) in [6, 6.07) is 6.65. The van der Waals surface area contributed by atoms with Crippen LogP contribution in [0.4, 0.5) is 0 Å². The summed E-state index contributed by atoms with van der Waals surface area (Å²) in [4.78, 5) is 0. The number of benzene rings is 1. The van der Waals surface area contributed by atoms with Crippen molar-refractivity contribution < 1.29 is 4.74 Å². The number of nitrogens with two attached hydrogens (primary N) is 1. The van der Waals surface area contributed by atoms with Crippen LogP contribution in [0, 0.1) is 0 Å². The average molecular weight is 245 g/mol. The van der Waals surface area contributed by atoms with Crippen LogP contribution in [0.1, 0.15) is 49.7 Å². The number of hydrogen-bond donors (Lipinski definition) is 1. The van der Waals surface area contributed by atoms with Crippen molar-refractivity contribution >= 4 is 0 Å². The van der Waals surface area contributed by atoms with Gasteiger partial charge in [0.15, 0.2) is 0 Å². The molecule has 0 spiro atoms. The molecule has 0 unspecified atom stereocenters. The van der Waals surface area contributed by atoms with Crippen LogP contribution in [0.25, 0.3) is 0 Å². The van der Waals surface area contributed by atoms with Crippen molar-refractivity contribution in [3.8, 4) is 5.75 Å². The molecule has 2 aliphatic carbocycles. The lowest BCUT2D eigenvalue weighted by Crippen LogP contribution is -2.40. The molecule has 1 saturated carbocycles. The van der Waals surface area contributed by atoms with Crippen molar-refractivity contribution in [1.82, 2.24) is 0 Å². The van der Waals surface area contributed by atoms with E-state index in [1.165, 1.54) is 49.7 Å². The minimum Gasteiger partial charge on any atom is -0.486 e. The lowest BCUT2D eigenvalue weighted by atomic mass is 9.91. The van der Waals surface area contributed by atoms with Crippen LogP contribution >= 0.6 is 0 Å². The zero-order valence-electron chi connectivity index (χ0n) is 11.1. The summed E-state index contributed by atoms with van der Waals surface area (Å²) in [5.41, 5.74) is 8.85. The summed E-state index contributed by atoms with van der Waals surface area (Å²) >= 11 is 0. The second kappa shape index (κ2) is 4.93. The fourth-order valence-electron chi connectivity index (χ4n) is 3.39. The SMILES string of the molecule is NCC1(Oc2ccc3c(c2)CCCC3)CCCC1. The van der Waals surface area contributed by atoms with Crippen molar-refractivity contribution in [3.63, 3.8) is 0 Å². The van der Waals surface area contributed by atoms with Gasteiger partial charge in [0.05, 0.1) is 0 Å². The van der Waals surface area contributed by atoms with E-state index in [2.05, 4.69) is 18.2 Å². The van der Waals surface area contributed by atoms with Crippen LogP contribution in [-0.2, 0) is 12.8 Å². The molecular formula is C16H23NO. The van der Waals surface area contributed by atoms with Gasteiger partial charge in [0.2, 0.25) is 0 Å². The molecule has 1 fully saturated rings. The Morgan fingerprint density at radius 2 is 1.72 bits per heavy atom. The van der Waals surface area contributed by atoms with Gasteiger partial charge < -0.3 is 10.5 Å². The van der Waals surface area contributed by atoms with Crippen LogP contribution in [-0.4, -0.2) is 12.1 Å². The Labute approximate surface area is 110 Å². The molecule has 3 rings (SSSR count). The third-order valence-electron chi connectivity index (χ3n) is 4.54. The van der Waals surface area contributed by atoms with Gasteiger partial charge in [0.25, 0.3) is 0 Å². The lowest BCUT2D eigenvalue weighted by molar-refractivity contribution is 0.0852. The first kappa shape index (κ1) is 12.0. The fraction of sp³-hybridized carbons (Fsp3) is 0.625. The number of rotatable bonds is 3. The molecule has 2 nitrogen and oxygen atoms in total. The predicted molar refractivity (Wildman–Crippen MR) is 74.0 cm³/mol. The van der Waals surface area contributed by atoms with Gasteiger partial charge in [0, 0.05) is 6.54 Å². The van der Waals surface area contributed by atoms with Crippen LogP contribution in [0.2, 0.25) is 0 Å². The van der Waals surface area contributed by atoms with Crippen LogP contribution in [0.5, 0.6) is 5.75 Å². The molecule has 0 heterocycles. The molecule has 0 aliphatic heterocycles. The second-order valence-electron chi connectivity index (χ2n) is 5.83. The lowest BCUT2D eigenvalue weighted by Gasteiger charge is -2.29. The quantitative estimate of drug-likeness (QED) is 0.887. The summed E-state index contributed by atoms with van der Waals surface area (Å²) in [5, 5.41) is 0. The van der Waals surface area contributed by atoms with Gasteiger partial charge in [-0.1, -0.05) is 6.07 Å². The highest BCUT2D eigenvalue weighted by Gasteiger charge is 2.34. The van der Waals surface area contributed by atoms with Crippen molar-refractivity contribution in [2.75, 3.05) is 6.54 Å². The molecule has 0 bridgehead atoms. The van der Waals surface area contributed by atoms with E-state index in [0.29, 0.717) is 6.54 Å². The van der Waals surface area contributed by atoms with E-state index < -0.39 is 0 Å². The first-order valence-corrected chi connectivity index (χ1v) is 7.32. The maximum Gasteiger partial charge on any atom is 0.121 e. The third-order valence-corrected chi connectivity index (χ3v) is 4.54. The van der Waals surface area contributed by atoms with E-state index in [1.54, 1.807) is 0 Å². The highest BCUT2D eigenvalue weighted by molar-refractivity contribution is 5.37. The maximum absolute atomic E-state index is 6.25. The largest absolute Gasteiger partial charge is 0.486 e. The number of aryl methyl sites for hydroxylation is 2. The van der Waals surface area contributed by atoms with Crippen LogP contribution in [0.15, 0.2) is 18.2 Å². The molecule has 0 saturated heterocycles. The van der Waals surface area contributed by atoms with Gasteiger partial charge in [-0.05, 0) is 74.6 Å². The highest BCUT2D eigenvalue weighted by atomic mass is 16.5. The summed E-state index contributed by atoms with van der Waals surface area (Å²) < 4.78 is 6.25. The van der Waals surface area contributed by atoms with Gasteiger partial charge in [-0.25, -0.2) is 0 Å². The van der Waals surface area contributed by atoms with E-state index in [0.717, 1.165) is 18.6 Å². The van der Waals surface area contributed by atoms with Gasteiger partial charge in [-0.2, -0.15) is 0 Å². The Kier molecular flexibility index (Phi) is 3.29. The molecule has 98 valence electrons. The minimum atomic E-state index is -0.0805. The summed E-state index contributed by atoms with van der Waals surface area (Å²) in [7, 11) is 0. The Morgan fingerprint density at radius 3 is 2.44 bits per heavy atom. The second-order valence-corrected chi connectivity index (χ2v) is 5.83. The van der Waals surface area contributed by atoms with Crippen LogP contribution < -0.4 is 10.5 Å². The molecule has 2 heteroatoms. The van der Waals surface area contributed by atoms with Crippen LogP contribution in [0.3, 0.4) is 0 Å². The monoisotopic (exact) mass is 245 g/mol. The standard InChI is InChI=1S/C16H23NO/c17-12-16(9-3-4-10-16)18-15-8-7-13-5-1-2-6-14(13)11-15/h7-8,11H,1-6,9-10,12,17H2. The van der Waals surface area contributed by atoms with Gasteiger partial charge >= 0.3 is 0 Å². The van der Waals surface area contributed by atoms with E-state index in [9.17, 15) is 0 Å². The minimum absolute atomic E-state index is 0.0805. The number of hydrogen-bond acceptors (Lipinski definition) is 2. The normalized spacial score (nSPS) is 21.6. The summed E-state index contributed by atoms with van der Waals surface area (Å²) in [5.74, 6) is 1.03. The molecule has 1 aromatic carbocycles. The Morgan fingerprint density at radius 1 is 1.00 bits per heavy atom. The van der Waals surface area contributed by atoms with E-state index in [-0.39, 0.29) is 5.60 Å². The third kappa shape index (κ3) is 2.26. The molecule has 0 radical (unpaired) electrons. The zero-order valence-corrected chi connectivity index (χ0v) is 11.1. The molecule has 0 atom stereocenters. The molecular weight excluding hydrogens is 222 g/mol. The predicted octanol–water partition coefficient (Wildman–Crippen LogP) is 3.22. The Hall–Kier alpha value is -1.02. The van der Waals surface area contributed by atoms with E-state index >= 15 is 0 Å². The molecule has 2 aliphatic rings. The summed E-state index contributed by atoms with van der Waals surface area (Å²) in [6.07, 6.45) is 9.82. The smallest absolute Gasteiger partial charge is 0.121 e. The molecule has 0 amide bonds.